The summed E-state index contributed by atoms with van der Waals surface area (Å²) < 4.78 is 4.34. The minimum atomic E-state index is -0.446. The number of esters is 1. The largest absolute Gasteiger partial charge is 0.456 e. The molecule has 0 fully saturated rings. The second-order valence-electron chi connectivity index (χ2n) is 1.45. The normalized spacial score (nSPS) is 8.22. The highest BCUT2D eigenvalue weighted by Gasteiger charge is 1.98. The monoisotopic (exact) mass is 131 g/mol. The Kier molecular flexibility index (Phi) is 3.43. The smallest absolute Gasteiger partial charge is 0.303 e. The molecule has 0 aromatic rings. The minimum Gasteiger partial charge on any atom is -0.456 e. The molecule has 1 amide bonds. The predicted molar refractivity (Wildman–Crippen MR) is 30.7 cm³/mol. The number of carbonyl (C=O) groups excluding carboxylic acids is 2. The van der Waals surface area contributed by atoms with E-state index in [1.165, 1.54) is 14.0 Å². The number of carbonyl (C=O) groups is 2. The van der Waals surface area contributed by atoms with Gasteiger partial charge >= 0.3 is 5.97 Å². The Morgan fingerprint density at radius 2 is 2.11 bits per heavy atom. The number of hydrogen-bond acceptors (Lipinski definition) is 3. The van der Waals surface area contributed by atoms with Crippen LogP contribution in [-0.4, -0.2) is 25.5 Å². The number of nitrogens with one attached hydrogen (secondary N) is 1. The average molecular weight is 131 g/mol. The van der Waals surface area contributed by atoms with Crippen LogP contribution in [0.1, 0.15) is 6.92 Å². The molecule has 9 heavy (non-hydrogen) atoms. The van der Waals surface area contributed by atoms with Crippen LogP contribution in [-0.2, 0) is 14.3 Å². The van der Waals surface area contributed by atoms with Crippen molar-refractivity contribution in [1.29, 1.82) is 0 Å². The van der Waals surface area contributed by atoms with Crippen LogP contribution in [0.3, 0.4) is 0 Å². The van der Waals surface area contributed by atoms with Gasteiger partial charge in [0, 0.05) is 14.0 Å². The van der Waals surface area contributed by atoms with Gasteiger partial charge in [0.1, 0.15) is 0 Å². The fourth-order valence-electron chi connectivity index (χ4n) is 0.239. The summed E-state index contributed by atoms with van der Waals surface area (Å²) in [5.74, 6) is -0.746. The molecular formula is C5H9NO3. The molecule has 0 rings (SSSR count). The maximum absolute atomic E-state index is 10.3. The predicted octanol–water partition coefficient (Wildman–Crippen LogP) is -0.705. The van der Waals surface area contributed by atoms with Gasteiger partial charge in [-0.1, -0.05) is 0 Å². The molecule has 4 heteroatoms. The summed E-state index contributed by atoms with van der Waals surface area (Å²) in [7, 11) is 1.48. The number of ether oxygens (including phenoxy) is 1. The zero-order valence-electron chi connectivity index (χ0n) is 5.43. The van der Waals surface area contributed by atoms with Crippen LogP contribution in [0.4, 0.5) is 0 Å². The molecule has 0 bridgehead atoms. The van der Waals surface area contributed by atoms with Gasteiger partial charge in [0.25, 0.3) is 5.91 Å². The molecule has 0 aliphatic rings. The van der Waals surface area contributed by atoms with Crippen molar-refractivity contribution in [3.8, 4) is 0 Å². The third-order valence-electron chi connectivity index (χ3n) is 0.685. The quantitative estimate of drug-likeness (QED) is 0.504. The summed E-state index contributed by atoms with van der Waals surface area (Å²) >= 11 is 0. The summed E-state index contributed by atoms with van der Waals surface area (Å²) in [5.41, 5.74) is 0. The van der Waals surface area contributed by atoms with Crippen molar-refractivity contribution in [3.05, 3.63) is 0 Å². The van der Waals surface area contributed by atoms with E-state index in [2.05, 4.69) is 10.1 Å². The molecule has 0 radical (unpaired) electrons. The Bertz CT molecular complexity index is 121. The Balaban J connectivity index is 3.28. The molecular weight excluding hydrogens is 122 g/mol. The summed E-state index contributed by atoms with van der Waals surface area (Å²) in [6.07, 6.45) is 0. The van der Waals surface area contributed by atoms with Crippen LogP contribution in [0, 0.1) is 0 Å². The molecule has 0 atom stereocenters. The average Bonchev–Trinajstić information content (AvgIpc) is 1.83. The van der Waals surface area contributed by atoms with Crippen molar-refractivity contribution in [3.63, 3.8) is 0 Å². The lowest BCUT2D eigenvalue weighted by molar-refractivity contribution is -0.146. The van der Waals surface area contributed by atoms with Crippen molar-refractivity contribution in [1.82, 2.24) is 5.32 Å². The third kappa shape index (κ3) is 4.80. The first-order valence-electron chi connectivity index (χ1n) is 2.50. The van der Waals surface area contributed by atoms with E-state index in [0.717, 1.165) is 0 Å². The maximum atomic E-state index is 10.3. The fourth-order valence-corrected chi connectivity index (χ4v) is 0.239. The number of rotatable bonds is 2. The van der Waals surface area contributed by atoms with Gasteiger partial charge in [-0.25, -0.2) is 0 Å². The van der Waals surface area contributed by atoms with Crippen molar-refractivity contribution in [2.24, 2.45) is 0 Å². The van der Waals surface area contributed by atoms with Crippen LogP contribution in [0.5, 0.6) is 0 Å². The van der Waals surface area contributed by atoms with Crippen LogP contribution < -0.4 is 5.32 Å². The third-order valence-corrected chi connectivity index (χ3v) is 0.685. The molecule has 1 N–H and O–H groups in total. The van der Waals surface area contributed by atoms with E-state index in [9.17, 15) is 9.59 Å². The van der Waals surface area contributed by atoms with Gasteiger partial charge in [-0.15, -0.1) is 0 Å². The topological polar surface area (TPSA) is 55.4 Å². The summed E-state index contributed by atoms with van der Waals surface area (Å²) in [5, 5.41) is 2.30. The zero-order chi connectivity index (χ0) is 7.28. The lowest BCUT2D eigenvalue weighted by Crippen LogP contribution is -2.24. The van der Waals surface area contributed by atoms with Crippen LogP contribution in [0.15, 0.2) is 0 Å². The molecule has 0 aliphatic heterocycles. The highest BCUT2D eigenvalue weighted by Crippen LogP contribution is 1.73. The van der Waals surface area contributed by atoms with E-state index in [4.69, 9.17) is 0 Å². The molecule has 0 spiro atoms. The molecule has 4 nitrogen and oxygen atoms in total. The first kappa shape index (κ1) is 7.94. The first-order valence-corrected chi connectivity index (χ1v) is 2.50. The van der Waals surface area contributed by atoms with Crippen molar-refractivity contribution in [2.75, 3.05) is 13.7 Å². The van der Waals surface area contributed by atoms with Gasteiger partial charge < -0.3 is 10.1 Å². The van der Waals surface area contributed by atoms with Gasteiger partial charge in [0.05, 0.1) is 0 Å². The van der Waals surface area contributed by atoms with E-state index in [0.29, 0.717) is 0 Å². The zero-order valence-corrected chi connectivity index (χ0v) is 5.43. The van der Waals surface area contributed by atoms with Gasteiger partial charge in [-0.3, -0.25) is 9.59 Å². The summed E-state index contributed by atoms with van der Waals surface area (Å²) in [6, 6.07) is 0. The molecule has 52 valence electrons. The minimum absolute atomic E-state index is 0.189. The summed E-state index contributed by atoms with van der Waals surface area (Å²) in [4.78, 5) is 20.4. The van der Waals surface area contributed by atoms with E-state index < -0.39 is 5.97 Å². The van der Waals surface area contributed by atoms with Gasteiger partial charge in [-0.2, -0.15) is 0 Å². The van der Waals surface area contributed by atoms with E-state index >= 15 is 0 Å². The number of amides is 1. The highest BCUT2D eigenvalue weighted by molar-refractivity contribution is 5.79. The second-order valence-corrected chi connectivity index (χ2v) is 1.45. The number of hydrogen-bond donors (Lipinski definition) is 1. The lowest BCUT2D eigenvalue weighted by atomic mass is 10.6. The van der Waals surface area contributed by atoms with Crippen LogP contribution in [0.2, 0.25) is 0 Å². The van der Waals surface area contributed by atoms with Gasteiger partial charge in [-0.05, 0) is 0 Å². The maximum Gasteiger partial charge on any atom is 0.303 e. The van der Waals surface area contributed by atoms with Gasteiger partial charge in [0.15, 0.2) is 6.61 Å². The molecule has 0 heterocycles. The molecule has 0 aromatic carbocycles. The molecule has 0 saturated carbocycles. The second kappa shape index (κ2) is 3.88. The Morgan fingerprint density at radius 3 is 2.44 bits per heavy atom. The van der Waals surface area contributed by atoms with E-state index in [1.54, 1.807) is 0 Å². The van der Waals surface area contributed by atoms with Crippen LogP contribution in [0.25, 0.3) is 0 Å². The Labute approximate surface area is 53.2 Å². The molecule has 0 aliphatic carbocycles. The SMILES string of the molecule is CNC(=O)COC(C)=O. The molecule has 0 unspecified atom stereocenters. The van der Waals surface area contributed by atoms with Gasteiger partial charge in [0.2, 0.25) is 0 Å². The number of likely N-dealkylation sites (N-methyl/N-ethyl adjacent to an activating group) is 1. The summed E-state index contributed by atoms with van der Waals surface area (Å²) in [6.45, 7) is 1.06. The highest BCUT2D eigenvalue weighted by atomic mass is 16.5. The Morgan fingerprint density at radius 1 is 1.56 bits per heavy atom. The molecule has 0 aromatic heterocycles. The standard InChI is InChI=1S/C5H9NO3/c1-4(7)9-3-5(8)6-2/h3H2,1-2H3,(H,6,8). The van der Waals surface area contributed by atoms with Crippen molar-refractivity contribution < 1.29 is 14.3 Å². The molecule has 0 saturated heterocycles. The van der Waals surface area contributed by atoms with E-state index in [1.807, 2.05) is 0 Å². The lowest BCUT2D eigenvalue weighted by Gasteiger charge is -1.97. The fraction of sp³-hybridized carbons (Fsp3) is 0.600. The van der Waals surface area contributed by atoms with Crippen LogP contribution >= 0.6 is 0 Å². The first-order chi connectivity index (χ1) is 4.16. The van der Waals surface area contributed by atoms with E-state index in [-0.39, 0.29) is 12.5 Å². The Hall–Kier alpha value is -1.06. The van der Waals surface area contributed by atoms with Crippen molar-refractivity contribution >= 4 is 11.9 Å². The van der Waals surface area contributed by atoms with Crippen molar-refractivity contribution in [2.45, 2.75) is 6.92 Å².